The summed E-state index contributed by atoms with van der Waals surface area (Å²) in [4.78, 5) is -0.134. The number of benzene rings is 2. The van der Waals surface area contributed by atoms with E-state index < -0.39 is 21.9 Å². The third-order valence-corrected chi connectivity index (χ3v) is 4.88. The molecule has 6 heteroatoms. The van der Waals surface area contributed by atoms with Gasteiger partial charge in [-0.1, -0.05) is 29.8 Å². The van der Waals surface area contributed by atoms with E-state index in [0.29, 0.717) is 0 Å². The van der Waals surface area contributed by atoms with Crippen molar-refractivity contribution in [3.05, 3.63) is 59.4 Å². The standard InChI is InChI=1S/C16H18FNO3S/c1-11-4-6-13(7-5-11)12(2)18-22(19,20)14-8-9-16(21-3)15(17)10-14/h4-10,12,18H,1-3H3. The van der Waals surface area contributed by atoms with Gasteiger partial charge in [-0.15, -0.1) is 0 Å². The van der Waals surface area contributed by atoms with Crippen molar-refractivity contribution in [3.8, 4) is 5.75 Å². The van der Waals surface area contributed by atoms with E-state index in [9.17, 15) is 12.8 Å². The summed E-state index contributed by atoms with van der Waals surface area (Å²) in [5.41, 5.74) is 1.93. The van der Waals surface area contributed by atoms with E-state index in [-0.39, 0.29) is 10.6 Å². The highest BCUT2D eigenvalue weighted by molar-refractivity contribution is 7.89. The first kappa shape index (κ1) is 16.5. The largest absolute Gasteiger partial charge is 0.494 e. The van der Waals surface area contributed by atoms with Crippen LogP contribution in [0.4, 0.5) is 4.39 Å². The van der Waals surface area contributed by atoms with Gasteiger partial charge < -0.3 is 4.74 Å². The molecule has 0 amide bonds. The zero-order valence-corrected chi connectivity index (χ0v) is 13.4. The van der Waals surface area contributed by atoms with E-state index in [2.05, 4.69) is 4.72 Å². The molecule has 0 aliphatic rings. The van der Waals surface area contributed by atoms with E-state index >= 15 is 0 Å². The predicted octanol–water partition coefficient (Wildman–Crippen LogP) is 3.18. The molecular weight excluding hydrogens is 305 g/mol. The normalized spacial score (nSPS) is 12.9. The van der Waals surface area contributed by atoms with Gasteiger partial charge in [-0.2, -0.15) is 0 Å². The van der Waals surface area contributed by atoms with Crippen LogP contribution >= 0.6 is 0 Å². The quantitative estimate of drug-likeness (QED) is 0.919. The van der Waals surface area contributed by atoms with Gasteiger partial charge >= 0.3 is 0 Å². The van der Waals surface area contributed by atoms with Crippen molar-refractivity contribution >= 4 is 10.0 Å². The molecule has 118 valence electrons. The van der Waals surface area contributed by atoms with Crippen molar-refractivity contribution in [1.29, 1.82) is 0 Å². The molecule has 2 aromatic rings. The van der Waals surface area contributed by atoms with Gasteiger partial charge in [0.05, 0.1) is 12.0 Å². The van der Waals surface area contributed by atoms with Crippen molar-refractivity contribution < 1.29 is 17.5 Å². The molecule has 2 rings (SSSR count). The Hall–Kier alpha value is -1.92. The van der Waals surface area contributed by atoms with Gasteiger partial charge in [-0.3, -0.25) is 0 Å². The van der Waals surface area contributed by atoms with E-state index in [1.807, 2.05) is 31.2 Å². The first-order chi connectivity index (χ1) is 10.3. The third kappa shape index (κ3) is 3.64. The van der Waals surface area contributed by atoms with Crippen LogP contribution in [0.15, 0.2) is 47.4 Å². The lowest BCUT2D eigenvalue weighted by Gasteiger charge is -2.15. The average Bonchev–Trinajstić information content (AvgIpc) is 2.47. The van der Waals surface area contributed by atoms with Gasteiger partial charge in [0.1, 0.15) is 0 Å². The van der Waals surface area contributed by atoms with Crippen LogP contribution in [0.5, 0.6) is 5.75 Å². The van der Waals surface area contributed by atoms with Crippen LogP contribution in [0, 0.1) is 12.7 Å². The summed E-state index contributed by atoms with van der Waals surface area (Å²) in [7, 11) is -2.49. The fourth-order valence-corrected chi connectivity index (χ4v) is 3.28. The first-order valence-corrected chi connectivity index (χ1v) is 8.24. The number of hydrogen-bond acceptors (Lipinski definition) is 3. The second-order valence-electron chi connectivity index (χ2n) is 5.05. The lowest BCUT2D eigenvalue weighted by molar-refractivity contribution is 0.385. The Kier molecular flexibility index (Phi) is 4.83. The fraction of sp³-hybridized carbons (Fsp3) is 0.250. The second-order valence-corrected chi connectivity index (χ2v) is 6.76. The maximum Gasteiger partial charge on any atom is 0.241 e. The molecule has 0 bridgehead atoms. The Morgan fingerprint density at radius 1 is 1.14 bits per heavy atom. The highest BCUT2D eigenvalue weighted by Gasteiger charge is 2.20. The number of methoxy groups -OCH3 is 1. The molecule has 2 aromatic carbocycles. The van der Waals surface area contributed by atoms with E-state index in [0.717, 1.165) is 17.2 Å². The van der Waals surface area contributed by atoms with Gasteiger partial charge in [0.15, 0.2) is 11.6 Å². The highest BCUT2D eigenvalue weighted by Crippen LogP contribution is 2.22. The SMILES string of the molecule is COc1ccc(S(=O)(=O)NC(C)c2ccc(C)cc2)cc1F. The minimum absolute atomic E-state index is 0.00512. The van der Waals surface area contributed by atoms with Crippen molar-refractivity contribution in [2.75, 3.05) is 7.11 Å². The summed E-state index contributed by atoms with van der Waals surface area (Å²) in [5, 5.41) is 0. The zero-order chi connectivity index (χ0) is 16.3. The topological polar surface area (TPSA) is 55.4 Å². The molecule has 0 saturated carbocycles. The van der Waals surface area contributed by atoms with Crippen LogP contribution in [0.2, 0.25) is 0 Å². The molecule has 1 unspecified atom stereocenters. The smallest absolute Gasteiger partial charge is 0.241 e. The second kappa shape index (κ2) is 6.46. The van der Waals surface area contributed by atoms with Crippen molar-refractivity contribution in [2.45, 2.75) is 24.8 Å². The summed E-state index contributed by atoms with van der Waals surface area (Å²) < 4.78 is 45.6. The predicted molar refractivity (Wildman–Crippen MR) is 82.9 cm³/mol. The molecule has 0 aliphatic carbocycles. The molecule has 0 fully saturated rings. The van der Waals surface area contributed by atoms with Gasteiger partial charge in [0.25, 0.3) is 0 Å². The summed E-state index contributed by atoms with van der Waals surface area (Å²) in [6, 6.07) is 10.7. The zero-order valence-electron chi connectivity index (χ0n) is 12.6. The molecule has 1 N–H and O–H groups in total. The minimum atomic E-state index is -3.81. The number of hydrogen-bond donors (Lipinski definition) is 1. The van der Waals surface area contributed by atoms with Crippen LogP contribution in [-0.4, -0.2) is 15.5 Å². The van der Waals surface area contributed by atoms with Crippen LogP contribution in [0.1, 0.15) is 24.1 Å². The maximum absolute atomic E-state index is 13.7. The molecule has 0 aromatic heterocycles. The Labute approximate surface area is 130 Å². The van der Waals surface area contributed by atoms with E-state index in [1.54, 1.807) is 6.92 Å². The van der Waals surface area contributed by atoms with Crippen LogP contribution < -0.4 is 9.46 Å². The molecular formula is C16H18FNO3S. The summed E-state index contributed by atoms with van der Waals surface area (Å²) in [5.74, 6) is -0.709. The van der Waals surface area contributed by atoms with Crippen LogP contribution in [0.25, 0.3) is 0 Å². The van der Waals surface area contributed by atoms with Gasteiger partial charge in [0, 0.05) is 6.04 Å². The summed E-state index contributed by atoms with van der Waals surface area (Å²) in [6.45, 7) is 3.70. The highest BCUT2D eigenvalue weighted by atomic mass is 32.2. The Balaban J connectivity index is 2.23. The van der Waals surface area contributed by atoms with Crippen molar-refractivity contribution in [2.24, 2.45) is 0 Å². The Morgan fingerprint density at radius 3 is 2.32 bits per heavy atom. The molecule has 0 aliphatic heterocycles. The number of aryl methyl sites for hydroxylation is 1. The molecule has 4 nitrogen and oxygen atoms in total. The molecule has 1 atom stereocenters. The number of nitrogens with one attached hydrogen (secondary N) is 1. The Morgan fingerprint density at radius 2 is 1.77 bits per heavy atom. The van der Waals surface area contributed by atoms with E-state index in [1.165, 1.54) is 19.2 Å². The molecule has 0 radical (unpaired) electrons. The summed E-state index contributed by atoms with van der Waals surface area (Å²) >= 11 is 0. The number of sulfonamides is 1. The summed E-state index contributed by atoms with van der Waals surface area (Å²) in [6.07, 6.45) is 0. The van der Waals surface area contributed by atoms with Crippen LogP contribution in [0.3, 0.4) is 0 Å². The molecule has 0 saturated heterocycles. The third-order valence-electron chi connectivity index (χ3n) is 3.34. The minimum Gasteiger partial charge on any atom is -0.494 e. The average molecular weight is 323 g/mol. The molecule has 0 heterocycles. The first-order valence-electron chi connectivity index (χ1n) is 6.76. The number of ether oxygens (including phenoxy) is 1. The van der Waals surface area contributed by atoms with Gasteiger partial charge in [0.2, 0.25) is 10.0 Å². The lowest BCUT2D eigenvalue weighted by Crippen LogP contribution is -2.27. The fourth-order valence-electron chi connectivity index (χ4n) is 2.04. The molecule has 22 heavy (non-hydrogen) atoms. The van der Waals surface area contributed by atoms with E-state index in [4.69, 9.17) is 4.74 Å². The maximum atomic E-state index is 13.7. The van der Waals surface area contributed by atoms with Gasteiger partial charge in [-0.05, 0) is 37.6 Å². The Bertz CT molecular complexity index is 757. The monoisotopic (exact) mass is 323 g/mol. The van der Waals surface area contributed by atoms with Gasteiger partial charge in [-0.25, -0.2) is 17.5 Å². The molecule has 0 spiro atoms. The van der Waals surface area contributed by atoms with Crippen LogP contribution in [-0.2, 0) is 10.0 Å². The van der Waals surface area contributed by atoms with Crippen molar-refractivity contribution in [3.63, 3.8) is 0 Å². The van der Waals surface area contributed by atoms with Crippen molar-refractivity contribution in [1.82, 2.24) is 4.72 Å². The number of halogens is 1. The lowest BCUT2D eigenvalue weighted by atomic mass is 10.1. The number of rotatable bonds is 5.